The van der Waals surface area contributed by atoms with E-state index in [0.717, 1.165) is 10.7 Å². The van der Waals surface area contributed by atoms with Gasteiger partial charge in [-0.25, -0.2) is 9.37 Å². The van der Waals surface area contributed by atoms with Gasteiger partial charge >= 0.3 is 0 Å². The molecular formula is C16H18FNO2S. The molecule has 0 saturated carbocycles. The van der Waals surface area contributed by atoms with E-state index < -0.39 is 5.82 Å². The Balaban J connectivity index is 2.15. The van der Waals surface area contributed by atoms with E-state index in [9.17, 15) is 9.18 Å². The third-order valence-corrected chi connectivity index (χ3v) is 3.82. The van der Waals surface area contributed by atoms with Gasteiger partial charge in [0.15, 0.2) is 5.78 Å². The lowest BCUT2D eigenvalue weighted by molar-refractivity contribution is 0.101. The Bertz CT molecular complexity index is 659. The van der Waals surface area contributed by atoms with Crippen LogP contribution in [0, 0.1) is 5.82 Å². The number of hydrogen-bond donors (Lipinski definition) is 0. The van der Waals surface area contributed by atoms with E-state index in [0.29, 0.717) is 5.56 Å². The van der Waals surface area contributed by atoms with Crippen LogP contribution in [-0.4, -0.2) is 10.8 Å². The first-order chi connectivity index (χ1) is 9.77. The van der Waals surface area contributed by atoms with Crippen molar-refractivity contribution in [2.45, 2.75) is 39.7 Å². The van der Waals surface area contributed by atoms with Crippen LogP contribution in [0.3, 0.4) is 0 Å². The first-order valence-electron chi connectivity index (χ1n) is 6.65. The molecule has 0 fully saturated rings. The number of nitrogens with zero attached hydrogens (tertiary/aromatic N) is 1. The minimum absolute atomic E-state index is 0.0157. The van der Waals surface area contributed by atoms with Crippen molar-refractivity contribution in [3.63, 3.8) is 0 Å². The topological polar surface area (TPSA) is 39.2 Å². The van der Waals surface area contributed by atoms with Crippen molar-refractivity contribution in [1.29, 1.82) is 0 Å². The molecule has 0 aliphatic rings. The normalized spacial score (nSPS) is 11.5. The van der Waals surface area contributed by atoms with E-state index in [1.165, 1.54) is 36.5 Å². The molecule has 1 aromatic carbocycles. The molecule has 2 rings (SSSR count). The number of hydrogen-bond acceptors (Lipinski definition) is 4. The maximum Gasteiger partial charge on any atom is 0.163 e. The number of rotatable bonds is 4. The summed E-state index contributed by atoms with van der Waals surface area (Å²) in [7, 11) is 0. The van der Waals surface area contributed by atoms with Crippen LogP contribution < -0.4 is 4.74 Å². The summed E-state index contributed by atoms with van der Waals surface area (Å²) in [6.07, 6.45) is 0. The highest BCUT2D eigenvalue weighted by Gasteiger charge is 2.18. The number of ether oxygens (including phenoxy) is 1. The summed E-state index contributed by atoms with van der Waals surface area (Å²) < 4.78 is 18.9. The molecule has 0 bridgehead atoms. The molecule has 0 aliphatic carbocycles. The van der Waals surface area contributed by atoms with Crippen LogP contribution in [0.5, 0.6) is 5.75 Å². The number of Topliss-reactive ketones (excluding diaryl/α,β-unsaturated/α-hetero) is 1. The summed E-state index contributed by atoms with van der Waals surface area (Å²) in [6.45, 7) is 7.93. The predicted octanol–water partition coefficient (Wildman–Crippen LogP) is 4.36. The second kappa shape index (κ2) is 5.93. The van der Waals surface area contributed by atoms with Gasteiger partial charge in [-0.05, 0) is 19.1 Å². The van der Waals surface area contributed by atoms with Crippen LogP contribution in [0.2, 0.25) is 0 Å². The zero-order chi connectivity index (χ0) is 15.6. The first kappa shape index (κ1) is 15.6. The predicted molar refractivity (Wildman–Crippen MR) is 81.6 cm³/mol. The summed E-state index contributed by atoms with van der Waals surface area (Å²) in [4.78, 5) is 16.0. The quantitative estimate of drug-likeness (QED) is 0.788. The number of ketones is 1. The Kier molecular flexibility index (Phi) is 4.42. The van der Waals surface area contributed by atoms with Crippen LogP contribution in [0.15, 0.2) is 23.6 Å². The van der Waals surface area contributed by atoms with Crippen molar-refractivity contribution in [1.82, 2.24) is 4.98 Å². The molecule has 21 heavy (non-hydrogen) atoms. The molecule has 0 atom stereocenters. The van der Waals surface area contributed by atoms with Gasteiger partial charge in [-0.1, -0.05) is 20.8 Å². The molecule has 0 radical (unpaired) electrons. The van der Waals surface area contributed by atoms with Gasteiger partial charge in [0, 0.05) is 16.9 Å². The van der Waals surface area contributed by atoms with Crippen molar-refractivity contribution < 1.29 is 13.9 Å². The van der Waals surface area contributed by atoms with Gasteiger partial charge in [0.2, 0.25) is 0 Å². The Morgan fingerprint density at radius 1 is 1.38 bits per heavy atom. The molecule has 112 valence electrons. The van der Waals surface area contributed by atoms with Crippen molar-refractivity contribution in [2.75, 3.05) is 0 Å². The highest BCUT2D eigenvalue weighted by molar-refractivity contribution is 7.09. The Labute approximate surface area is 127 Å². The second-order valence-electron chi connectivity index (χ2n) is 5.86. The highest BCUT2D eigenvalue weighted by atomic mass is 32.1. The zero-order valence-corrected chi connectivity index (χ0v) is 13.4. The van der Waals surface area contributed by atoms with E-state index in [1.54, 1.807) is 0 Å². The number of halogens is 1. The largest absolute Gasteiger partial charge is 0.486 e. The number of aromatic nitrogens is 1. The minimum atomic E-state index is -0.426. The van der Waals surface area contributed by atoms with E-state index in [-0.39, 0.29) is 23.6 Å². The number of carbonyl (C=O) groups is 1. The van der Waals surface area contributed by atoms with E-state index in [1.807, 2.05) is 5.38 Å². The van der Waals surface area contributed by atoms with E-state index in [4.69, 9.17) is 4.74 Å². The fourth-order valence-corrected chi connectivity index (χ4v) is 2.70. The fourth-order valence-electron chi connectivity index (χ4n) is 1.77. The molecule has 0 N–H and O–H groups in total. The van der Waals surface area contributed by atoms with Crippen LogP contribution >= 0.6 is 11.3 Å². The molecular weight excluding hydrogens is 289 g/mol. The van der Waals surface area contributed by atoms with Crippen LogP contribution in [-0.2, 0) is 12.0 Å². The minimum Gasteiger partial charge on any atom is -0.486 e. The van der Waals surface area contributed by atoms with Crippen LogP contribution in [0.1, 0.15) is 48.8 Å². The van der Waals surface area contributed by atoms with Crippen molar-refractivity contribution in [3.8, 4) is 5.75 Å². The van der Waals surface area contributed by atoms with Gasteiger partial charge in [0.1, 0.15) is 23.2 Å². The Morgan fingerprint density at radius 2 is 2.10 bits per heavy atom. The van der Waals surface area contributed by atoms with Crippen LogP contribution in [0.4, 0.5) is 4.39 Å². The number of benzene rings is 1. The van der Waals surface area contributed by atoms with Crippen molar-refractivity contribution in [3.05, 3.63) is 45.7 Å². The third-order valence-electron chi connectivity index (χ3n) is 2.99. The SMILES string of the molecule is CC(=O)c1ccc(F)cc1OCc1nc(C(C)(C)C)cs1. The van der Waals surface area contributed by atoms with Gasteiger partial charge < -0.3 is 4.74 Å². The highest BCUT2D eigenvalue weighted by Crippen LogP contribution is 2.26. The smallest absolute Gasteiger partial charge is 0.163 e. The average molecular weight is 307 g/mol. The van der Waals surface area contributed by atoms with Crippen molar-refractivity contribution >= 4 is 17.1 Å². The van der Waals surface area contributed by atoms with E-state index in [2.05, 4.69) is 25.8 Å². The Hall–Kier alpha value is -1.75. The number of carbonyl (C=O) groups excluding carboxylic acids is 1. The maximum atomic E-state index is 13.3. The van der Waals surface area contributed by atoms with Gasteiger partial charge in [0.05, 0.1) is 11.3 Å². The molecule has 2 aromatic rings. The molecule has 0 saturated heterocycles. The molecule has 0 amide bonds. The zero-order valence-electron chi connectivity index (χ0n) is 12.6. The summed E-state index contributed by atoms with van der Waals surface area (Å²) in [6, 6.07) is 3.93. The van der Waals surface area contributed by atoms with Crippen LogP contribution in [0.25, 0.3) is 0 Å². The summed E-state index contributed by atoms with van der Waals surface area (Å²) >= 11 is 1.50. The van der Waals surface area contributed by atoms with Gasteiger partial charge in [0.25, 0.3) is 0 Å². The summed E-state index contributed by atoms with van der Waals surface area (Å²) in [5.74, 6) is -0.320. The molecule has 5 heteroatoms. The second-order valence-corrected chi connectivity index (χ2v) is 6.80. The summed E-state index contributed by atoms with van der Waals surface area (Å²) in [5, 5.41) is 2.80. The van der Waals surface area contributed by atoms with Gasteiger partial charge in [-0.2, -0.15) is 0 Å². The molecule has 0 spiro atoms. The third kappa shape index (κ3) is 3.88. The molecule has 1 heterocycles. The lowest BCUT2D eigenvalue weighted by atomic mass is 9.93. The van der Waals surface area contributed by atoms with Gasteiger partial charge in [-0.15, -0.1) is 11.3 Å². The monoisotopic (exact) mass is 307 g/mol. The Morgan fingerprint density at radius 3 is 2.67 bits per heavy atom. The molecule has 3 nitrogen and oxygen atoms in total. The molecule has 0 unspecified atom stereocenters. The first-order valence-corrected chi connectivity index (χ1v) is 7.53. The fraction of sp³-hybridized carbons (Fsp3) is 0.375. The van der Waals surface area contributed by atoms with Crippen molar-refractivity contribution in [2.24, 2.45) is 0 Å². The van der Waals surface area contributed by atoms with Gasteiger partial charge in [-0.3, -0.25) is 4.79 Å². The average Bonchev–Trinajstić information content (AvgIpc) is 2.84. The standard InChI is InChI=1S/C16H18FNO2S/c1-10(19)12-6-5-11(17)7-13(12)20-8-15-18-14(9-21-15)16(2,3)4/h5-7,9H,8H2,1-4H3. The summed E-state index contributed by atoms with van der Waals surface area (Å²) in [5.41, 5.74) is 1.36. The maximum absolute atomic E-state index is 13.3. The lowest BCUT2D eigenvalue weighted by Crippen LogP contribution is -2.11. The number of thiazole rings is 1. The molecule has 0 aliphatic heterocycles. The lowest BCUT2D eigenvalue weighted by Gasteiger charge is -2.14. The van der Waals surface area contributed by atoms with E-state index >= 15 is 0 Å². The molecule has 1 aromatic heterocycles.